The zero-order valence-corrected chi connectivity index (χ0v) is 14.4. The molecule has 0 bridgehead atoms. The number of aromatic nitrogens is 2. The number of nitrogens with one attached hydrogen (secondary N) is 1. The molecule has 2 aromatic rings. The summed E-state index contributed by atoms with van der Waals surface area (Å²) < 4.78 is 13.4. The van der Waals surface area contributed by atoms with E-state index in [0.717, 1.165) is 30.5 Å². The fourth-order valence-corrected chi connectivity index (χ4v) is 3.30. The fourth-order valence-electron chi connectivity index (χ4n) is 3.30. The van der Waals surface area contributed by atoms with Crippen LogP contribution in [-0.2, 0) is 6.42 Å². The van der Waals surface area contributed by atoms with E-state index >= 15 is 0 Å². The van der Waals surface area contributed by atoms with Crippen molar-refractivity contribution in [3.63, 3.8) is 0 Å². The molecule has 2 atom stereocenters. The Hall–Kier alpha value is -2.50. The van der Waals surface area contributed by atoms with Crippen molar-refractivity contribution in [2.45, 2.75) is 37.6 Å². The molecule has 1 fully saturated rings. The molecule has 0 saturated heterocycles. The molecule has 0 aliphatic heterocycles. The van der Waals surface area contributed by atoms with Gasteiger partial charge < -0.3 is 10.2 Å². The van der Waals surface area contributed by atoms with Gasteiger partial charge in [-0.1, -0.05) is 12.1 Å². The van der Waals surface area contributed by atoms with E-state index in [0.29, 0.717) is 18.9 Å². The lowest BCUT2D eigenvalue weighted by atomic mass is 9.97. The Morgan fingerprint density at radius 2 is 2.24 bits per heavy atom. The number of carbonyl (C=O) groups is 1. The Labute approximate surface area is 147 Å². The highest BCUT2D eigenvalue weighted by molar-refractivity contribution is 5.74. The Kier molecular flexibility index (Phi) is 5.58. The molecule has 1 aliphatic rings. The Bertz CT molecular complexity index is 710. The van der Waals surface area contributed by atoms with Crippen LogP contribution in [0.15, 0.2) is 42.9 Å². The second-order valence-electron chi connectivity index (χ2n) is 6.58. The van der Waals surface area contributed by atoms with Crippen molar-refractivity contribution in [1.82, 2.24) is 20.2 Å². The van der Waals surface area contributed by atoms with Gasteiger partial charge in [0.25, 0.3) is 0 Å². The average molecular weight is 342 g/mol. The predicted molar refractivity (Wildman–Crippen MR) is 93.7 cm³/mol. The molecule has 1 aromatic carbocycles. The summed E-state index contributed by atoms with van der Waals surface area (Å²) in [4.78, 5) is 22.2. The smallest absolute Gasteiger partial charge is 0.317 e. The van der Waals surface area contributed by atoms with Crippen LogP contribution in [0.5, 0.6) is 0 Å². The number of rotatable bonds is 5. The third-order valence-corrected chi connectivity index (χ3v) is 4.75. The molecule has 25 heavy (non-hydrogen) atoms. The molecule has 1 saturated carbocycles. The van der Waals surface area contributed by atoms with E-state index in [1.165, 1.54) is 6.07 Å². The first-order chi connectivity index (χ1) is 12.1. The van der Waals surface area contributed by atoms with Crippen LogP contribution in [-0.4, -0.2) is 40.5 Å². The summed E-state index contributed by atoms with van der Waals surface area (Å²) in [6.07, 6.45) is 8.42. The topological polar surface area (TPSA) is 58.1 Å². The van der Waals surface area contributed by atoms with Crippen molar-refractivity contribution in [2.24, 2.45) is 0 Å². The van der Waals surface area contributed by atoms with E-state index in [1.54, 1.807) is 42.7 Å². The van der Waals surface area contributed by atoms with Gasteiger partial charge in [0.2, 0.25) is 0 Å². The molecule has 2 amide bonds. The maximum atomic E-state index is 13.4. The van der Waals surface area contributed by atoms with E-state index in [9.17, 15) is 9.18 Å². The Balaban J connectivity index is 1.46. The Morgan fingerprint density at radius 1 is 1.36 bits per heavy atom. The maximum absolute atomic E-state index is 13.4. The van der Waals surface area contributed by atoms with Gasteiger partial charge in [-0.05, 0) is 42.9 Å². The number of hydrogen-bond donors (Lipinski definition) is 1. The quantitative estimate of drug-likeness (QED) is 0.908. The molecule has 0 radical (unpaired) electrons. The fraction of sp³-hybridized carbons (Fsp3) is 0.421. The van der Waals surface area contributed by atoms with Gasteiger partial charge in [0, 0.05) is 44.6 Å². The van der Waals surface area contributed by atoms with Crippen LogP contribution >= 0.6 is 0 Å². The zero-order chi connectivity index (χ0) is 17.6. The average Bonchev–Trinajstić information content (AvgIpc) is 3.09. The molecular formula is C19H23FN4O. The van der Waals surface area contributed by atoms with Crippen molar-refractivity contribution in [3.05, 3.63) is 59.9 Å². The lowest BCUT2D eigenvalue weighted by Gasteiger charge is -2.21. The van der Waals surface area contributed by atoms with Crippen LogP contribution in [0.2, 0.25) is 0 Å². The largest absolute Gasteiger partial charge is 0.335 e. The van der Waals surface area contributed by atoms with Crippen LogP contribution in [0.25, 0.3) is 0 Å². The minimum Gasteiger partial charge on any atom is -0.335 e. The van der Waals surface area contributed by atoms with Crippen LogP contribution in [0.3, 0.4) is 0 Å². The first kappa shape index (κ1) is 17.3. The minimum atomic E-state index is -0.200. The molecule has 1 N–H and O–H groups in total. The summed E-state index contributed by atoms with van der Waals surface area (Å²) in [6.45, 7) is 0.588. The van der Waals surface area contributed by atoms with Gasteiger partial charge in [-0.15, -0.1) is 0 Å². The third kappa shape index (κ3) is 4.75. The van der Waals surface area contributed by atoms with Gasteiger partial charge in [-0.2, -0.15) is 0 Å². The molecule has 132 valence electrons. The van der Waals surface area contributed by atoms with Crippen molar-refractivity contribution in [1.29, 1.82) is 0 Å². The predicted octanol–water partition coefficient (Wildman–Crippen LogP) is 3.14. The van der Waals surface area contributed by atoms with Crippen molar-refractivity contribution < 1.29 is 9.18 Å². The molecule has 1 aliphatic carbocycles. The van der Waals surface area contributed by atoms with Crippen LogP contribution < -0.4 is 5.32 Å². The second kappa shape index (κ2) is 8.05. The molecule has 1 aromatic heterocycles. The number of urea groups is 1. The van der Waals surface area contributed by atoms with Crippen molar-refractivity contribution in [2.75, 3.05) is 13.6 Å². The van der Waals surface area contributed by atoms with E-state index < -0.39 is 0 Å². The molecule has 0 spiro atoms. The number of nitrogens with zero attached hydrogens (tertiary/aromatic N) is 3. The number of halogens is 1. The number of carbonyl (C=O) groups excluding carboxylic acids is 1. The van der Waals surface area contributed by atoms with E-state index in [2.05, 4.69) is 15.3 Å². The van der Waals surface area contributed by atoms with Crippen LogP contribution in [0.1, 0.15) is 36.4 Å². The summed E-state index contributed by atoms with van der Waals surface area (Å²) in [5, 5.41) is 3.09. The summed E-state index contributed by atoms with van der Waals surface area (Å²) >= 11 is 0. The number of likely N-dealkylation sites (N-methyl/N-ethyl adjacent to an activating group) is 1. The summed E-state index contributed by atoms with van der Waals surface area (Å²) in [7, 11) is 1.78. The molecule has 3 rings (SSSR count). The first-order valence-electron chi connectivity index (χ1n) is 8.64. The first-order valence-corrected chi connectivity index (χ1v) is 8.64. The van der Waals surface area contributed by atoms with E-state index in [4.69, 9.17) is 0 Å². The SMILES string of the molecule is CN(CCc1cnccn1)C(=O)N[C@H]1CC[C@@H](c2cccc(F)c2)C1. The maximum Gasteiger partial charge on any atom is 0.317 e. The minimum absolute atomic E-state index is 0.0752. The summed E-state index contributed by atoms with van der Waals surface area (Å²) in [5.74, 6) is 0.111. The lowest BCUT2D eigenvalue weighted by molar-refractivity contribution is 0.205. The van der Waals surface area contributed by atoms with Gasteiger partial charge >= 0.3 is 6.03 Å². The number of benzene rings is 1. The Morgan fingerprint density at radius 3 is 3.00 bits per heavy atom. The second-order valence-corrected chi connectivity index (χ2v) is 6.58. The lowest BCUT2D eigenvalue weighted by Crippen LogP contribution is -2.42. The molecule has 0 unspecified atom stereocenters. The van der Waals surface area contributed by atoms with Gasteiger partial charge in [-0.25, -0.2) is 9.18 Å². The molecule has 1 heterocycles. The van der Waals surface area contributed by atoms with Gasteiger partial charge in [-0.3, -0.25) is 9.97 Å². The molecule has 5 nitrogen and oxygen atoms in total. The molecular weight excluding hydrogens is 319 g/mol. The molecule has 6 heteroatoms. The van der Waals surface area contributed by atoms with Gasteiger partial charge in [0.1, 0.15) is 5.82 Å². The van der Waals surface area contributed by atoms with Crippen LogP contribution in [0.4, 0.5) is 9.18 Å². The standard InChI is InChI=1S/C19H23FN4O/c1-24(10-7-18-13-21-8-9-22-18)19(25)23-17-6-5-15(12-17)14-3-2-4-16(20)11-14/h2-4,8-9,11,13,15,17H,5-7,10,12H2,1H3,(H,23,25)/t15-,17+/m1/s1. The third-order valence-electron chi connectivity index (χ3n) is 4.75. The van der Waals surface area contributed by atoms with E-state index in [-0.39, 0.29) is 17.9 Å². The number of hydrogen-bond acceptors (Lipinski definition) is 3. The monoisotopic (exact) mass is 342 g/mol. The zero-order valence-electron chi connectivity index (χ0n) is 14.4. The summed E-state index contributed by atoms with van der Waals surface area (Å²) in [5.41, 5.74) is 1.89. The van der Waals surface area contributed by atoms with Gasteiger partial charge in [0.15, 0.2) is 0 Å². The summed E-state index contributed by atoms with van der Waals surface area (Å²) in [6, 6.07) is 6.83. The highest BCUT2D eigenvalue weighted by atomic mass is 19.1. The van der Waals surface area contributed by atoms with E-state index in [1.807, 2.05) is 6.07 Å². The highest BCUT2D eigenvalue weighted by Crippen LogP contribution is 2.34. The van der Waals surface area contributed by atoms with Crippen molar-refractivity contribution in [3.8, 4) is 0 Å². The highest BCUT2D eigenvalue weighted by Gasteiger charge is 2.27. The van der Waals surface area contributed by atoms with Crippen molar-refractivity contribution >= 4 is 6.03 Å². The van der Waals surface area contributed by atoms with Crippen LogP contribution in [0, 0.1) is 5.82 Å². The number of amides is 2. The normalized spacial score (nSPS) is 19.6. The van der Waals surface area contributed by atoms with Gasteiger partial charge in [0.05, 0.1) is 5.69 Å².